The molecule has 1 aromatic carbocycles. The molecule has 0 aliphatic carbocycles. The van der Waals surface area contributed by atoms with E-state index in [0.717, 1.165) is 0 Å². The smallest absolute Gasteiger partial charge is 0.389 e. The van der Waals surface area contributed by atoms with Gasteiger partial charge < -0.3 is 15.3 Å². The second-order valence-corrected chi connectivity index (χ2v) is 5.75. The summed E-state index contributed by atoms with van der Waals surface area (Å²) < 4.78 is 37.1. The zero-order valence-electron chi connectivity index (χ0n) is 13.0. The van der Waals surface area contributed by atoms with Crippen LogP contribution in [0.15, 0.2) is 24.3 Å². The second-order valence-electron chi connectivity index (χ2n) is 5.75. The summed E-state index contributed by atoms with van der Waals surface area (Å²) in [6, 6.07) is 6.11. The molecular weight excluding hydrogens is 325 g/mol. The Balaban J connectivity index is 1.99. The third kappa shape index (κ3) is 5.23. The molecule has 1 saturated heterocycles. The van der Waals surface area contributed by atoms with E-state index in [1.807, 2.05) is 0 Å². The van der Waals surface area contributed by atoms with E-state index >= 15 is 0 Å². The molecule has 132 valence electrons. The van der Waals surface area contributed by atoms with Gasteiger partial charge in [0, 0.05) is 25.2 Å². The molecule has 0 atom stereocenters. The molecule has 0 spiro atoms. The number of nitrogens with one attached hydrogen (secondary N) is 1. The number of carbonyl (C=O) groups excluding carboxylic acids is 2. The summed E-state index contributed by atoms with van der Waals surface area (Å²) in [5.41, 5.74) is 0.530. The number of alkyl halides is 3. The first-order valence-corrected chi connectivity index (χ1v) is 7.69. The van der Waals surface area contributed by atoms with Crippen LogP contribution in [0.25, 0.3) is 0 Å². The number of aliphatic hydroxyl groups is 1. The van der Waals surface area contributed by atoms with Crippen LogP contribution in [0.2, 0.25) is 0 Å². The number of rotatable bonds is 3. The summed E-state index contributed by atoms with van der Waals surface area (Å²) in [5, 5.41) is 11.8. The van der Waals surface area contributed by atoms with Crippen molar-refractivity contribution in [3.05, 3.63) is 29.8 Å². The number of amides is 2. The number of carbonyl (C=O) groups is 2. The van der Waals surface area contributed by atoms with Crippen LogP contribution in [0.4, 0.5) is 18.9 Å². The van der Waals surface area contributed by atoms with Crippen molar-refractivity contribution in [3.63, 3.8) is 0 Å². The molecule has 1 aliphatic heterocycles. The Morgan fingerprint density at radius 3 is 2.46 bits per heavy atom. The summed E-state index contributed by atoms with van der Waals surface area (Å²) >= 11 is 0. The topological polar surface area (TPSA) is 69.6 Å². The lowest BCUT2D eigenvalue weighted by molar-refractivity contribution is -0.144. The van der Waals surface area contributed by atoms with Crippen molar-refractivity contribution in [2.45, 2.75) is 38.0 Å². The molecule has 2 rings (SSSR count). The molecule has 1 heterocycles. The molecule has 8 heteroatoms. The summed E-state index contributed by atoms with van der Waals surface area (Å²) in [5.74, 6) is -1.63. The average molecular weight is 344 g/mol. The molecule has 0 aromatic heterocycles. The Morgan fingerprint density at radius 2 is 1.83 bits per heavy atom. The van der Waals surface area contributed by atoms with Crippen molar-refractivity contribution in [1.29, 1.82) is 0 Å². The summed E-state index contributed by atoms with van der Waals surface area (Å²) in [6.45, 7) is 0.562. The van der Waals surface area contributed by atoms with Crippen LogP contribution in [-0.2, 0) is 16.0 Å². The number of likely N-dealkylation sites (tertiary alicyclic amines) is 1. The van der Waals surface area contributed by atoms with Gasteiger partial charge in [0.1, 0.15) is 0 Å². The molecule has 0 bridgehead atoms. The number of hydrogen-bond acceptors (Lipinski definition) is 3. The van der Waals surface area contributed by atoms with Crippen molar-refractivity contribution >= 4 is 17.5 Å². The van der Waals surface area contributed by atoms with E-state index in [2.05, 4.69) is 5.32 Å². The molecular formula is C16H19F3N2O3. The van der Waals surface area contributed by atoms with Gasteiger partial charge >= 0.3 is 18.0 Å². The first kappa shape index (κ1) is 18.3. The van der Waals surface area contributed by atoms with E-state index in [-0.39, 0.29) is 25.2 Å². The Bertz CT molecular complexity index is 596. The van der Waals surface area contributed by atoms with E-state index in [0.29, 0.717) is 18.4 Å². The molecule has 0 unspecified atom stereocenters. The molecule has 5 nitrogen and oxygen atoms in total. The minimum atomic E-state index is -4.29. The zero-order chi connectivity index (χ0) is 17.7. The average Bonchev–Trinajstić information content (AvgIpc) is 2.53. The van der Waals surface area contributed by atoms with E-state index in [1.54, 1.807) is 12.1 Å². The standard InChI is InChI=1S/C16H19F3N2O3/c17-16(18,19)8-5-11-3-1-2-4-13(11)20-14(23)15(24)21-9-6-12(22)7-10-21/h1-4,12,22H,5-10H2,(H,20,23). The van der Waals surface area contributed by atoms with Crippen LogP contribution in [0.3, 0.4) is 0 Å². The summed E-state index contributed by atoms with van der Waals surface area (Å²) in [6.07, 6.45) is -5.23. The molecule has 0 radical (unpaired) electrons. The SMILES string of the molecule is O=C(Nc1ccccc1CCC(F)(F)F)C(=O)N1CCC(O)CC1. The molecule has 24 heavy (non-hydrogen) atoms. The van der Waals surface area contributed by atoms with Gasteiger partial charge in [-0.3, -0.25) is 9.59 Å². The number of aryl methyl sites for hydroxylation is 1. The fraction of sp³-hybridized carbons (Fsp3) is 0.500. The second kappa shape index (κ2) is 7.65. The maximum atomic E-state index is 12.4. The molecule has 1 aromatic rings. The van der Waals surface area contributed by atoms with Crippen molar-refractivity contribution in [2.75, 3.05) is 18.4 Å². The summed E-state index contributed by atoms with van der Waals surface area (Å²) in [7, 11) is 0. The fourth-order valence-corrected chi connectivity index (χ4v) is 2.52. The van der Waals surface area contributed by atoms with E-state index in [1.165, 1.54) is 17.0 Å². The van der Waals surface area contributed by atoms with E-state index in [4.69, 9.17) is 0 Å². The highest BCUT2D eigenvalue weighted by Crippen LogP contribution is 2.25. The third-order valence-corrected chi connectivity index (χ3v) is 3.89. The zero-order valence-corrected chi connectivity index (χ0v) is 13.0. The van der Waals surface area contributed by atoms with Crippen molar-refractivity contribution < 1.29 is 27.9 Å². The van der Waals surface area contributed by atoms with Gasteiger partial charge in [-0.15, -0.1) is 0 Å². The maximum absolute atomic E-state index is 12.4. The highest BCUT2D eigenvalue weighted by molar-refractivity contribution is 6.39. The number of halogens is 3. The summed E-state index contributed by atoms with van der Waals surface area (Å²) in [4.78, 5) is 25.5. The molecule has 1 fully saturated rings. The minimum absolute atomic E-state index is 0.206. The number of aliphatic hydroxyl groups excluding tert-OH is 1. The lowest BCUT2D eigenvalue weighted by Crippen LogP contribution is -2.45. The minimum Gasteiger partial charge on any atom is -0.393 e. The van der Waals surface area contributed by atoms with Crippen LogP contribution in [0, 0.1) is 0 Å². The predicted octanol–water partition coefficient (Wildman–Crippen LogP) is 2.10. The van der Waals surface area contributed by atoms with Gasteiger partial charge in [-0.2, -0.15) is 13.2 Å². The highest BCUT2D eigenvalue weighted by atomic mass is 19.4. The van der Waals surface area contributed by atoms with E-state index < -0.39 is 30.5 Å². The lowest BCUT2D eigenvalue weighted by atomic mass is 10.1. The molecule has 2 amide bonds. The maximum Gasteiger partial charge on any atom is 0.389 e. The first-order valence-electron chi connectivity index (χ1n) is 7.69. The van der Waals surface area contributed by atoms with Gasteiger partial charge in [0.2, 0.25) is 0 Å². The Kier molecular flexibility index (Phi) is 5.82. The predicted molar refractivity (Wildman–Crippen MR) is 81.3 cm³/mol. The monoisotopic (exact) mass is 344 g/mol. The van der Waals surface area contributed by atoms with Gasteiger partial charge in [-0.1, -0.05) is 18.2 Å². The molecule has 2 N–H and O–H groups in total. The number of para-hydroxylation sites is 1. The fourth-order valence-electron chi connectivity index (χ4n) is 2.52. The quantitative estimate of drug-likeness (QED) is 0.825. The molecule has 1 aliphatic rings. The van der Waals surface area contributed by atoms with Crippen LogP contribution < -0.4 is 5.32 Å². The van der Waals surface area contributed by atoms with E-state index in [9.17, 15) is 27.9 Å². The first-order chi connectivity index (χ1) is 11.3. The van der Waals surface area contributed by atoms with Gasteiger partial charge in [-0.05, 0) is 30.9 Å². The normalized spacial score (nSPS) is 16.1. The Labute approximate surface area is 137 Å². The van der Waals surface area contributed by atoms with Crippen LogP contribution in [0.5, 0.6) is 0 Å². The van der Waals surface area contributed by atoms with Gasteiger partial charge in [0.05, 0.1) is 6.10 Å². The number of hydrogen-bond donors (Lipinski definition) is 2. The van der Waals surface area contributed by atoms with Crippen LogP contribution in [0.1, 0.15) is 24.8 Å². The molecule has 0 saturated carbocycles. The number of anilines is 1. The Hall–Kier alpha value is -2.09. The Morgan fingerprint density at radius 1 is 1.21 bits per heavy atom. The van der Waals surface area contributed by atoms with Gasteiger partial charge in [0.15, 0.2) is 0 Å². The number of piperidine rings is 1. The van der Waals surface area contributed by atoms with Crippen LogP contribution >= 0.6 is 0 Å². The number of nitrogens with zero attached hydrogens (tertiary/aromatic N) is 1. The largest absolute Gasteiger partial charge is 0.393 e. The van der Waals surface area contributed by atoms with Crippen molar-refractivity contribution in [3.8, 4) is 0 Å². The van der Waals surface area contributed by atoms with Gasteiger partial charge in [-0.25, -0.2) is 0 Å². The van der Waals surface area contributed by atoms with Gasteiger partial charge in [0.25, 0.3) is 0 Å². The van der Waals surface area contributed by atoms with Crippen molar-refractivity contribution in [1.82, 2.24) is 4.90 Å². The highest BCUT2D eigenvalue weighted by Gasteiger charge is 2.28. The number of benzene rings is 1. The third-order valence-electron chi connectivity index (χ3n) is 3.89. The van der Waals surface area contributed by atoms with Crippen molar-refractivity contribution in [2.24, 2.45) is 0 Å². The lowest BCUT2D eigenvalue weighted by Gasteiger charge is -2.29. The van der Waals surface area contributed by atoms with Crippen LogP contribution in [-0.4, -0.2) is 47.2 Å².